The summed E-state index contributed by atoms with van der Waals surface area (Å²) in [6.45, 7) is 0.461. The second-order valence-corrected chi connectivity index (χ2v) is 6.01. The average molecular weight is 310 g/mol. The summed E-state index contributed by atoms with van der Waals surface area (Å²) >= 11 is 0. The van der Waals surface area contributed by atoms with Gasteiger partial charge in [0.05, 0.1) is 23.8 Å². The number of esters is 1. The lowest BCUT2D eigenvalue weighted by Gasteiger charge is -2.36. The molecule has 3 heterocycles. The van der Waals surface area contributed by atoms with Crippen molar-refractivity contribution < 1.29 is 29.3 Å². The minimum absolute atomic E-state index is 0.0401. The van der Waals surface area contributed by atoms with Gasteiger partial charge in [-0.15, -0.1) is 0 Å². The molecule has 8 heteroatoms. The number of nitrogens with zero attached hydrogens (tertiary/aromatic N) is 2. The maximum Gasteiger partial charge on any atom is 0.407 e. The fraction of sp³-hybridized carbons (Fsp3) is 0.643. The van der Waals surface area contributed by atoms with Gasteiger partial charge in [0.25, 0.3) is 0 Å². The quantitative estimate of drug-likeness (QED) is 0.683. The number of cyclic esters (lactones) is 1. The number of carbonyl (C=O) groups is 3. The zero-order valence-corrected chi connectivity index (χ0v) is 12.0. The van der Waals surface area contributed by atoms with Gasteiger partial charge in [-0.05, 0) is 19.3 Å². The van der Waals surface area contributed by atoms with E-state index in [-0.39, 0.29) is 25.2 Å². The van der Waals surface area contributed by atoms with E-state index >= 15 is 0 Å². The topological polar surface area (TPSA) is 107 Å². The highest BCUT2D eigenvalue weighted by Gasteiger charge is 2.54. The summed E-state index contributed by atoms with van der Waals surface area (Å²) in [5, 5.41) is 18.6. The van der Waals surface area contributed by atoms with Crippen LogP contribution in [0.25, 0.3) is 0 Å². The molecule has 1 atom stereocenters. The van der Waals surface area contributed by atoms with E-state index in [9.17, 15) is 19.5 Å². The average Bonchev–Trinajstić information content (AvgIpc) is 3.02. The molecule has 0 radical (unpaired) electrons. The third-order valence-electron chi connectivity index (χ3n) is 4.82. The van der Waals surface area contributed by atoms with Crippen LogP contribution in [0, 0.1) is 5.41 Å². The first-order valence-electron chi connectivity index (χ1n) is 7.26. The first-order chi connectivity index (χ1) is 10.5. The molecule has 0 aromatic heterocycles. The van der Waals surface area contributed by atoms with E-state index in [1.54, 1.807) is 0 Å². The zero-order valence-electron chi connectivity index (χ0n) is 12.0. The highest BCUT2D eigenvalue weighted by Crippen LogP contribution is 2.46. The molecule has 0 bridgehead atoms. The predicted molar refractivity (Wildman–Crippen MR) is 72.6 cm³/mol. The largest absolute Gasteiger partial charge is 0.465 e. The number of amides is 2. The molecule has 2 saturated heterocycles. The zero-order chi connectivity index (χ0) is 15.9. The monoisotopic (exact) mass is 310 g/mol. The molecule has 1 spiro atoms. The molecule has 2 N–H and O–H groups in total. The summed E-state index contributed by atoms with van der Waals surface area (Å²) in [4.78, 5) is 37.9. The maximum absolute atomic E-state index is 12.9. The van der Waals surface area contributed by atoms with Crippen LogP contribution in [-0.4, -0.2) is 70.3 Å². The van der Waals surface area contributed by atoms with Crippen molar-refractivity contribution in [3.8, 4) is 0 Å². The van der Waals surface area contributed by atoms with Crippen LogP contribution in [0.15, 0.2) is 11.8 Å². The van der Waals surface area contributed by atoms with Crippen molar-refractivity contribution >= 4 is 18.0 Å². The normalized spacial score (nSPS) is 27.3. The Hall–Kier alpha value is -2.09. The van der Waals surface area contributed by atoms with Gasteiger partial charge in [-0.1, -0.05) is 0 Å². The van der Waals surface area contributed by atoms with E-state index < -0.39 is 17.5 Å². The van der Waals surface area contributed by atoms with Crippen molar-refractivity contribution in [2.45, 2.75) is 25.3 Å². The van der Waals surface area contributed by atoms with E-state index in [1.807, 2.05) is 0 Å². The van der Waals surface area contributed by atoms with Gasteiger partial charge in [0.1, 0.15) is 6.61 Å². The van der Waals surface area contributed by atoms with Crippen LogP contribution < -0.4 is 0 Å². The van der Waals surface area contributed by atoms with Gasteiger partial charge in [-0.25, -0.2) is 9.59 Å². The molecule has 22 heavy (non-hydrogen) atoms. The molecule has 2 amide bonds. The summed E-state index contributed by atoms with van der Waals surface area (Å²) in [5.41, 5.74) is -0.169. The second-order valence-electron chi connectivity index (χ2n) is 6.01. The van der Waals surface area contributed by atoms with Crippen LogP contribution in [0.2, 0.25) is 0 Å². The Morgan fingerprint density at radius 3 is 2.55 bits per heavy atom. The lowest BCUT2D eigenvalue weighted by Crippen LogP contribution is -2.46. The third-order valence-corrected chi connectivity index (χ3v) is 4.82. The smallest absolute Gasteiger partial charge is 0.407 e. The first kappa shape index (κ1) is 14.8. The summed E-state index contributed by atoms with van der Waals surface area (Å²) in [6.07, 6.45) is 1.65. The van der Waals surface area contributed by atoms with Gasteiger partial charge >= 0.3 is 12.1 Å². The Bertz CT molecular complexity index is 550. The molecule has 8 nitrogen and oxygen atoms in total. The maximum atomic E-state index is 12.9. The number of hydrogen-bond donors (Lipinski definition) is 2. The van der Waals surface area contributed by atoms with Gasteiger partial charge in [-0.2, -0.15) is 0 Å². The second kappa shape index (κ2) is 5.28. The molecule has 3 aliphatic rings. The number of rotatable bonds is 2. The van der Waals surface area contributed by atoms with Gasteiger partial charge in [0.15, 0.2) is 0 Å². The van der Waals surface area contributed by atoms with Gasteiger partial charge < -0.3 is 24.7 Å². The molecule has 0 saturated carbocycles. The van der Waals surface area contributed by atoms with Crippen molar-refractivity contribution in [3.63, 3.8) is 0 Å². The van der Waals surface area contributed by atoms with E-state index in [0.717, 1.165) is 0 Å². The van der Waals surface area contributed by atoms with Crippen LogP contribution in [-0.2, 0) is 14.3 Å². The third kappa shape index (κ3) is 2.23. The summed E-state index contributed by atoms with van der Waals surface area (Å²) < 4.78 is 4.85. The number of hydrogen-bond acceptors (Lipinski definition) is 5. The number of aliphatic hydroxyl groups excluding tert-OH is 1. The number of likely N-dealkylation sites (tertiary alicyclic amines) is 2. The van der Waals surface area contributed by atoms with E-state index in [4.69, 9.17) is 9.84 Å². The van der Waals surface area contributed by atoms with E-state index in [0.29, 0.717) is 38.0 Å². The Kier molecular flexibility index (Phi) is 3.56. The fourth-order valence-corrected chi connectivity index (χ4v) is 3.61. The summed E-state index contributed by atoms with van der Waals surface area (Å²) in [7, 11) is 0. The van der Waals surface area contributed by atoms with Crippen molar-refractivity contribution in [1.29, 1.82) is 0 Å². The summed E-state index contributed by atoms with van der Waals surface area (Å²) in [6, 6.07) is -0.385. The van der Waals surface area contributed by atoms with Gasteiger partial charge in [0.2, 0.25) is 5.91 Å². The lowest BCUT2D eigenvalue weighted by atomic mass is 9.76. The van der Waals surface area contributed by atoms with E-state index in [1.165, 1.54) is 15.9 Å². The molecule has 3 rings (SSSR count). The molecule has 0 aromatic carbocycles. The fourth-order valence-electron chi connectivity index (χ4n) is 3.61. The van der Waals surface area contributed by atoms with E-state index in [2.05, 4.69) is 0 Å². The summed E-state index contributed by atoms with van der Waals surface area (Å²) in [5.74, 6) is -0.623. The van der Waals surface area contributed by atoms with Crippen molar-refractivity contribution in [2.75, 3.05) is 26.3 Å². The Morgan fingerprint density at radius 2 is 2.05 bits per heavy atom. The highest BCUT2D eigenvalue weighted by atomic mass is 16.5. The molecule has 0 aromatic rings. The lowest BCUT2D eigenvalue weighted by molar-refractivity contribution is -0.139. The Morgan fingerprint density at radius 1 is 1.36 bits per heavy atom. The molecule has 1 unspecified atom stereocenters. The first-order valence-corrected chi connectivity index (χ1v) is 7.26. The molecule has 120 valence electrons. The van der Waals surface area contributed by atoms with Gasteiger partial charge in [0, 0.05) is 19.2 Å². The van der Waals surface area contributed by atoms with Crippen molar-refractivity contribution in [2.24, 2.45) is 5.41 Å². The minimum atomic E-state index is -0.978. The van der Waals surface area contributed by atoms with Crippen LogP contribution in [0.4, 0.5) is 4.79 Å². The number of carboxylic acid groups (broad SMARTS) is 1. The standard InChI is InChI=1S/C14H18N2O6/c17-7-10-6-14(1-3-15(4-2-14)13(20)21)12(19)16(10)9-5-11(18)22-8-9/h5,10,17H,1-4,6-8H2,(H,20,21). The minimum Gasteiger partial charge on any atom is -0.465 e. The number of aliphatic hydroxyl groups is 1. The number of ether oxygens (including phenoxy) is 1. The molecule has 2 fully saturated rings. The van der Waals surface area contributed by atoms with Crippen LogP contribution in [0.3, 0.4) is 0 Å². The Labute approximate surface area is 126 Å². The molecule has 3 aliphatic heterocycles. The van der Waals surface area contributed by atoms with Crippen LogP contribution in [0.1, 0.15) is 19.3 Å². The highest BCUT2D eigenvalue weighted by molar-refractivity contribution is 5.91. The molecular formula is C14H18N2O6. The van der Waals surface area contributed by atoms with Crippen molar-refractivity contribution in [3.05, 3.63) is 11.8 Å². The van der Waals surface area contributed by atoms with Gasteiger partial charge in [-0.3, -0.25) is 4.79 Å². The predicted octanol–water partition coefficient (Wildman–Crippen LogP) is -0.220. The Balaban J connectivity index is 1.81. The SMILES string of the molecule is O=C1C=C(N2C(=O)C3(CCN(C(=O)O)CC3)CC2CO)CO1. The molecule has 0 aliphatic carbocycles. The van der Waals surface area contributed by atoms with Crippen LogP contribution in [0.5, 0.6) is 0 Å². The van der Waals surface area contributed by atoms with Crippen molar-refractivity contribution in [1.82, 2.24) is 9.80 Å². The van der Waals surface area contributed by atoms with Crippen LogP contribution >= 0.6 is 0 Å². The molecular weight excluding hydrogens is 292 g/mol. The number of carbonyl (C=O) groups excluding carboxylic acids is 2. The number of piperidine rings is 1.